The summed E-state index contributed by atoms with van der Waals surface area (Å²) in [5.74, 6) is 0.761. The third-order valence-corrected chi connectivity index (χ3v) is 3.90. The van der Waals surface area contributed by atoms with Gasteiger partial charge in [0.1, 0.15) is 0 Å². The van der Waals surface area contributed by atoms with Crippen LogP contribution in [0.1, 0.15) is 30.2 Å². The Morgan fingerprint density at radius 3 is 3.08 bits per heavy atom. The fraction of sp³-hybridized carbons (Fsp3) is 0.364. The van der Waals surface area contributed by atoms with E-state index in [4.69, 9.17) is 0 Å². The van der Waals surface area contributed by atoms with Gasteiger partial charge in [0, 0.05) is 5.92 Å². The first-order valence-corrected chi connectivity index (χ1v) is 5.52. The smallest absolute Gasteiger partial charge is 0.0969 e. The van der Waals surface area contributed by atoms with Gasteiger partial charge in [-0.3, -0.25) is 0 Å². The van der Waals surface area contributed by atoms with Crippen LogP contribution in [0.25, 0.3) is 10.2 Å². The third-order valence-electron chi connectivity index (χ3n) is 2.70. The molecule has 1 aliphatic rings. The molecule has 1 radical (unpaired) electrons. The predicted octanol–water partition coefficient (Wildman–Crippen LogP) is 3.36. The molecular weight excluding hydrogens is 178 g/mol. The van der Waals surface area contributed by atoms with Crippen LogP contribution in [-0.2, 0) is 0 Å². The minimum Gasteiger partial charge on any atom is -0.241 e. The van der Waals surface area contributed by atoms with Crippen molar-refractivity contribution in [2.45, 2.75) is 25.2 Å². The molecule has 0 saturated heterocycles. The number of fused-ring (bicyclic) bond motifs is 1. The van der Waals surface area contributed by atoms with Crippen LogP contribution in [0, 0.1) is 6.07 Å². The molecule has 1 nitrogen and oxygen atoms in total. The molecule has 1 fully saturated rings. The van der Waals surface area contributed by atoms with E-state index in [1.165, 1.54) is 29.0 Å². The molecule has 1 saturated carbocycles. The Balaban J connectivity index is 2.10. The van der Waals surface area contributed by atoms with Gasteiger partial charge in [-0.2, -0.15) is 0 Å². The van der Waals surface area contributed by atoms with E-state index in [0.29, 0.717) is 0 Å². The minimum atomic E-state index is 0.761. The van der Waals surface area contributed by atoms with Crippen molar-refractivity contribution in [3.63, 3.8) is 0 Å². The van der Waals surface area contributed by atoms with E-state index in [0.717, 1.165) is 11.4 Å². The van der Waals surface area contributed by atoms with Gasteiger partial charge < -0.3 is 0 Å². The first-order chi connectivity index (χ1) is 6.43. The second kappa shape index (κ2) is 2.81. The van der Waals surface area contributed by atoms with Crippen LogP contribution in [-0.4, -0.2) is 4.98 Å². The van der Waals surface area contributed by atoms with Gasteiger partial charge in [0.2, 0.25) is 0 Å². The molecule has 0 amide bonds. The van der Waals surface area contributed by atoms with E-state index in [1.54, 1.807) is 0 Å². The van der Waals surface area contributed by atoms with Crippen molar-refractivity contribution in [1.29, 1.82) is 0 Å². The quantitative estimate of drug-likeness (QED) is 0.668. The maximum atomic E-state index is 4.62. The number of benzene rings is 1. The Morgan fingerprint density at radius 1 is 1.46 bits per heavy atom. The zero-order valence-electron chi connectivity index (χ0n) is 7.29. The average Bonchev–Trinajstić information content (AvgIpc) is 2.43. The van der Waals surface area contributed by atoms with Gasteiger partial charge in [0.25, 0.3) is 0 Å². The number of rotatable bonds is 1. The summed E-state index contributed by atoms with van der Waals surface area (Å²) >= 11 is 1.85. The first-order valence-electron chi connectivity index (χ1n) is 4.70. The van der Waals surface area contributed by atoms with Crippen LogP contribution in [0.2, 0.25) is 0 Å². The minimum absolute atomic E-state index is 0.761. The van der Waals surface area contributed by atoms with Crippen LogP contribution in [0.15, 0.2) is 18.2 Å². The summed E-state index contributed by atoms with van der Waals surface area (Å²) in [6.45, 7) is 0. The Hall–Kier alpha value is -0.890. The van der Waals surface area contributed by atoms with Crippen molar-refractivity contribution in [2.24, 2.45) is 0 Å². The van der Waals surface area contributed by atoms with Gasteiger partial charge in [-0.05, 0) is 31.0 Å². The molecule has 0 unspecified atom stereocenters. The van der Waals surface area contributed by atoms with Gasteiger partial charge in [-0.1, -0.05) is 12.5 Å². The summed E-state index contributed by atoms with van der Waals surface area (Å²) in [5, 5.41) is 1.33. The number of nitrogens with zero attached hydrogens (tertiary/aromatic N) is 1. The molecule has 1 aliphatic carbocycles. The second-order valence-corrected chi connectivity index (χ2v) is 4.64. The molecule has 1 aromatic heterocycles. The highest BCUT2D eigenvalue weighted by Gasteiger charge is 2.22. The molecule has 13 heavy (non-hydrogen) atoms. The lowest BCUT2D eigenvalue weighted by Crippen LogP contribution is -2.07. The van der Waals surface area contributed by atoms with Gasteiger partial charge in [-0.25, -0.2) is 4.98 Å². The molecule has 65 valence electrons. The van der Waals surface area contributed by atoms with E-state index in [1.807, 2.05) is 23.5 Å². The summed E-state index contributed by atoms with van der Waals surface area (Å²) in [7, 11) is 0. The first kappa shape index (κ1) is 7.51. The Labute approximate surface area is 81.4 Å². The maximum absolute atomic E-state index is 4.62. The van der Waals surface area contributed by atoms with Gasteiger partial charge in [-0.15, -0.1) is 11.3 Å². The fourth-order valence-electron chi connectivity index (χ4n) is 1.67. The average molecular weight is 188 g/mol. The van der Waals surface area contributed by atoms with Crippen molar-refractivity contribution < 1.29 is 0 Å². The van der Waals surface area contributed by atoms with E-state index >= 15 is 0 Å². The molecule has 2 heteroatoms. The number of hydrogen-bond acceptors (Lipinski definition) is 2. The lowest BCUT2D eigenvalue weighted by Gasteiger charge is -2.22. The summed E-state index contributed by atoms with van der Waals surface area (Å²) in [6.07, 6.45) is 4.06. The van der Waals surface area contributed by atoms with E-state index in [9.17, 15) is 0 Å². The largest absolute Gasteiger partial charge is 0.241 e. The Bertz CT molecular complexity index is 395. The van der Waals surface area contributed by atoms with Crippen molar-refractivity contribution in [3.8, 4) is 0 Å². The summed E-state index contributed by atoms with van der Waals surface area (Å²) in [6, 6.07) is 9.12. The molecule has 0 spiro atoms. The zero-order valence-corrected chi connectivity index (χ0v) is 8.10. The van der Waals surface area contributed by atoms with E-state index in [-0.39, 0.29) is 0 Å². The zero-order chi connectivity index (χ0) is 8.67. The molecule has 3 rings (SSSR count). The Morgan fingerprint density at radius 2 is 2.38 bits per heavy atom. The van der Waals surface area contributed by atoms with E-state index in [2.05, 4.69) is 17.1 Å². The van der Waals surface area contributed by atoms with Gasteiger partial charge >= 0.3 is 0 Å². The SMILES string of the molecule is [c]1ccc2sc(C3CCC3)nc2c1. The molecule has 0 N–H and O–H groups in total. The monoisotopic (exact) mass is 188 g/mol. The topological polar surface area (TPSA) is 12.9 Å². The highest BCUT2D eigenvalue weighted by molar-refractivity contribution is 7.18. The van der Waals surface area contributed by atoms with Crippen molar-refractivity contribution in [2.75, 3.05) is 0 Å². The third kappa shape index (κ3) is 1.17. The fourth-order valence-corrected chi connectivity index (χ4v) is 2.78. The van der Waals surface area contributed by atoms with Gasteiger partial charge in [0.05, 0.1) is 15.2 Å². The second-order valence-electron chi connectivity index (χ2n) is 3.57. The van der Waals surface area contributed by atoms with Crippen molar-refractivity contribution in [3.05, 3.63) is 29.3 Å². The van der Waals surface area contributed by atoms with Crippen LogP contribution in [0.5, 0.6) is 0 Å². The van der Waals surface area contributed by atoms with Crippen LogP contribution in [0.3, 0.4) is 0 Å². The maximum Gasteiger partial charge on any atom is 0.0969 e. The summed E-state index contributed by atoms with van der Waals surface area (Å²) in [5.41, 5.74) is 1.12. The highest BCUT2D eigenvalue weighted by Crippen LogP contribution is 2.39. The predicted molar refractivity (Wildman–Crippen MR) is 55.0 cm³/mol. The summed E-state index contributed by atoms with van der Waals surface area (Å²) in [4.78, 5) is 4.62. The molecule has 1 heterocycles. The standard InChI is InChI=1S/C11H10NS/c1-2-7-10-9(6-1)12-11(13-10)8-4-3-5-8/h2,6-8H,3-5H2. The molecule has 0 atom stereocenters. The number of aromatic nitrogens is 1. The van der Waals surface area contributed by atoms with Crippen LogP contribution in [0.4, 0.5) is 0 Å². The lowest BCUT2D eigenvalue weighted by atomic mass is 9.86. The van der Waals surface area contributed by atoms with Gasteiger partial charge in [0.15, 0.2) is 0 Å². The van der Waals surface area contributed by atoms with Crippen LogP contribution < -0.4 is 0 Å². The summed E-state index contributed by atoms with van der Waals surface area (Å²) < 4.78 is 1.31. The highest BCUT2D eigenvalue weighted by atomic mass is 32.1. The number of hydrogen-bond donors (Lipinski definition) is 0. The molecule has 0 bridgehead atoms. The van der Waals surface area contributed by atoms with Crippen LogP contribution >= 0.6 is 11.3 Å². The Kier molecular flexibility index (Phi) is 1.62. The van der Waals surface area contributed by atoms with Crippen molar-refractivity contribution in [1.82, 2.24) is 4.98 Å². The normalized spacial score (nSPS) is 17.5. The molecule has 0 aliphatic heterocycles. The number of thiazole rings is 1. The molecular formula is C11H10NS. The molecule has 1 aromatic carbocycles. The molecule has 2 aromatic rings. The lowest BCUT2D eigenvalue weighted by molar-refractivity contribution is 0.419. The van der Waals surface area contributed by atoms with Crippen molar-refractivity contribution >= 4 is 21.6 Å². The van der Waals surface area contributed by atoms with E-state index < -0.39 is 0 Å².